The Balaban J connectivity index is 1.28. The minimum absolute atomic E-state index is 0.916. The summed E-state index contributed by atoms with van der Waals surface area (Å²) in [6.07, 6.45) is 8.93. The average molecular weight is 543 g/mol. The third-order valence-electron chi connectivity index (χ3n) is 8.59. The van der Waals surface area contributed by atoms with Crippen LogP contribution in [0.1, 0.15) is 12.0 Å². The van der Waals surface area contributed by atoms with E-state index in [0.717, 1.165) is 12.8 Å². The minimum atomic E-state index is 0.916. The van der Waals surface area contributed by atoms with Gasteiger partial charge in [0.05, 0.1) is 33.5 Å². The highest BCUT2D eigenvalue weighted by Crippen LogP contribution is 2.49. The van der Waals surface area contributed by atoms with E-state index in [1.165, 1.54) is 75.9 Å². The van der Waals surface area contributed by atoms with E-state index in [2.05, 4.69) is 143 Å². The fourth-order valence-corrected chi connectivity index (χ4v) is 8.14. The molecule has 0 unspecified atom stereocenters. The number of aromatic nitrogens is 2. The van der Waals surface area contributed by atoms with Gasteiger partial charge in [0.15, 0.2) is 0 Å². The highest BCUT2D eigenvalue weighted by atomic mass is 32.2. The van der Waals surface area contributed by atoms with E-state index in [0.29, 0.717) is 0 Å². The lowest BCUT2D eigenvalue weighted by Gasteiger charge is -2.26. The first-order valence-corrected chi connectivity index (χ1v) is 15.1. The first-order valence-electron chi connectivity index (χ1n) is 14.2. The minimum Gasteiger partial charge on any atom is -0.308 e. The van der Waals surface area contributed by atoms with Crippen molar-refractivity contribution in [2.75, 3.05) is 0 Å². The molecule has 0 saturated carbocycles. The van der Waals surface area contributed by atoms with Gasteiger partial charge in [0.1, 0.15) is 0 Å². The van der Waals surface area contributed by atoms with Crippen molar-refractivity contribution in [3.05, 3.63) is 150 Å². The monoisotopic (exact) mass is 542 g/mol. The molecule has 2 nitrogen and oxygen atoms in total. The lowest BCUT2D eigenvalue weighted by molar-refractivity contribution is 1.04. The Morgan fingerprint density at radius 3 is 1.66 bits per heavy atom. The number of hydrogen-bond acceptors (Lipinski definition) is 1. The maximum Gasteiger partial charge on any atom is 0.0604 e. The molecule has 5 aromatic carbocycles. The normalized spacial score (nSPS) is 15.0. The summed E-state index contributed by atoms with van der Waals surface area (Å²) in [6, 6.07) is 42.1. The van der Waals surface area contributed by atoms with Gasteiger partial charge in [-0.3, -0.25) is 0 Å². The van der Waals surface area contributed by atoms with Crippen LogP contribution in [0.4, 0.5) is 0 Å². The van der Waals surface area contributed by atoms with Crippen LogP contribution in [0, 0.1) is 0 Å². The molecule has 2 aromatic heterocycles. The van der Waals surface area contributed by atoms with E-state index in [1.807, 2.05) is 11.8 Å². The number of hydrogen-bond donors (Lipinski definition) is 0. The summed E-state index contributed by atoms with van der Waals surface area (Å²) >= 11 is 1.94. The zero-order valence-electron chi connectivity index (χ0n) is 22.4. The van der Waals surface area contributed by atoms with Crippen LogP contribution >= 0.6 is 11.8 Å². The summed E-state index contributed by atoms with van der Waals surface area (Å²) in [6.45, 7) is 0. The van der Waals surface area contributed by atoms with E-state index >= 15 is 0 Å². The third-order valence-corrected chi connectivity index (χ3v) is 9.94. The van der Waals surface area contributed by atoms with E-state index in [1.54, 1.807) is 0 Å². The van der Waals surface area contributed by atoms with E-state index < -0.39 is 0 Å². The molecular formula is C38H26N2S. The van der Waals surface area contributed by atoms with Crippen LogP contribution in [0.15, 0.2) is 149 Å². The van der Waals surface area contributed by atoms with Crippen molar-refractivity contribution in [2.24, 2.45) is 0 Å². The van der Waals surface area contributed by atoms with E-state index in [9.17, 15) is 0 Å². The molecule has 3 heteroatoms. The number of benzene rings is 5. The molecule has 0 fully saturated rings. The average Bonchev–Trinajstić information content (AvgIpc) is 3.45. The second-order valence-corrected chi connectivity index (χ2v) is 11.9. The molecule has 0 spiro atoms. The molecule has 1 aliphatic carbocycles. The Morgan fingerprint density at radius 1 is 0.537 bits per heavy atom. The van der Waals surface area contributed by atoms with Crippen molar-refractivity contribution >= 4 is 61.1 Å². The summed E-state index contributed by atoms with van der Waals surface area (Å²) in [5.74, 6) is 0. The molecular weight excluding hydrogens is 516 g/mol. The fourth-order valence-electron chi connectivity index (χ4n) is 6.85. The van der Waals surface area contributed by atoms with E-state index in [4.69, 9.17) is 0 Å². The molecule has 0 bridgehead atoms. The Labute approximate surface area is 242 Å². The van der Waals surface area contributed by atoms with Crippen LogP contribution in [0.3, 0.4) is 0 Å². The van der Waals surface area contributed by atoms with Crippen LogP contribution in [0.25, 0.3) is 55.0 Å². The number of rotatable bonds is 2. The Kier molecular flexibility index (Phi) is 4.99. The largest absolute Gasteiger partial charge is 0.308 e. The smallest absolute Gasteiger partial charge is 0.0604 e. The van der Waals surface area contributed by atoms with Gasteiger partial charge in [-0.25, -0.2) is 0 Å². The molecule has 0 amide bonds. The maximum absolute atomic E-state index is 2.49. The number of para-hydroxylation sites is 4. The number of allylic oxidation sites excluding steroid dienone is 5. The highest BCUT2D eigenvalue weighted by Gasteiger charge is 2.27. The molecule has 9 rings (SSSR count). The fraction of sp³-hybridized carbons (Fsp3) is 0.0526. The van der Waals surface area contributed by atoms with Gasteiger partial charge in [-0.1, -0.05) is 115 Å². The first kappa shape index (κ1) is 23.0. The van der Waals surface area contributed by atoms with Gasteiger partial charge in [-0.15, -0.1) is 0 Å². The van der Waals surface area contributed by atoms with Crippen LogP contribution in [0.2, 0.25) is 0 Å². The standard InChI is InChI=1S/C38H26N2S/c1-6-22-35(39-31-18-7-2-14-27(31)28-15-3-8-19-32(28)39)37-25(12-1)24-26-13-11-23-36(38(26)41-37)40-33-20-9-4-16-29(33)30-17-5-10-21-34(30)40/h1-5,7-23H,6,24H2. The molecule has 0 saturated heterocycles. The SMILES string of the molecule is C1=CC2=C(Sc3c(cccc3-n3c4ccccc4c4ccccc43)C2)C(n2c3ccccc3c3ccccc32)=CC1. The zero-order valence-corrected chi connectivity index (χ0v) is 23.2. The maximum atomic E-state index is 2.49. The molecule has 41 heavy (non-hydrogen) atoms. The summed E-state index contributed by atoms with van der Waals surface area (Å²) in [5, 5.41) is 5.19. The quantitative estimate of drug-likeness (QED) is 0.211. The highest BCUT2D eigenvalue weighted by molar-refractivity contribution is 8.03. The van der Waals surface area contributed by atoms with Crippen LogP contribution in [-0.2, 0) is 6.42 Å². The predicted octanol–water partition coefficient (Wildman–Crippen LogP) is 10.3. The van der Waals surface area contributed by atoms with Gasteiger partial charge < -0.3 is 9.13 Å². The molecule has 1 aliphatic heterocycles. The Bertz CT molecular complexity index is 2180. The molecule has 0 radical (unpaired) electrons. The van der Waals surface area contributed by atoms with Crippen molar-refractivity contribution in [2.45, 2.75) is 17.7 Å². The molecule has 0 N–H and O–H groups in total. The predicted molar refractivity (Wildman–Crippen MR) is 175 cm³/mol. The third kappa shape index (κ3) is 3.33. The summed E-state index contributed by atoms with van der Waals surface area (Å²) in [7, 11) is 0. The molecule has 7 aromatic rings. The van der Waals surface area contributed by atoms with Crippen LogP contribution in [0.5, 0.6) is 0 Å². The van der Waals surface area contributed by atoms with E-state index in [-0.39, 0.29) is 0 Å². The van der Waals surface area contributed by atoms with Crippen molar-refractivity contribution in [3.63, 3.8) is 0 Å². The summed E-state index contributed by atoms with van der Waals surface area (Å²) in [5.41, 5.74) is 10.4. The van der Waals surface area contributed by atoms with Gasteiger partial charge in [-0.2, -0.15) is 0 Å². The number of thioether (sulfide) groups is 1. The van der Waals surface area contributed by atoms with Crippen LogP contribution < -0.4 is 0 Å². The van der Waals surface area contributed by atoms with Crippen LogP contribution in [-0.4, -0.2) is 9.13 Å². The first-order chi connectivity index (χ1) is 20.4. The zero-order chi connectivity index (χ0) is 26.9. The van der Waals surface area contributed by atoms with Gasteiger partial charge in [-0.05, 0) is 54.3 Å². The van der Waals surface area contributed by atoms with Gasteiger partial charge >= 0.3 is 0 Å². The Morgan fingerprint density at radius 2 is 1.07 bits per heavy atom. The van der Waals surface area contributed by atoms with Gasteiger partial charge in [0, 0.05) is 31.3 Å². The van der Waals surface area contributed by atoms with Gasteiger partial charge in [0.25, 0.3) is 0 Å². The molecule has 194 valence electrons. The second kappa shape index (κ2) is 8.89. The lowest BCUT2D eigenvalue weighted by Crippen LogP contribution is -2.08. The Hall–Kier alpha value is -4.73. The molecule has 3 heterocycles. The number of nitrogens with zero attached hydrogens (tertiary/aromatic N) is 2. The molecule has 0 atom stereocenters. The number of fused-ring (bicyclic) bond motifs is 7. The summed E-state index contributed by atoms with van der Waals surface area (Å²) < 4.78 is 4.96. The van der Waals surface area contributed by atoms with Crippen molar-refractivity contribution in [1.29, 1.82) is 0 Å². The second-order valence-electron chi connectivity index (χ2n) is 10.9. The van der Waals surface area contributed by atoms with Gasteiger partial charge in [0.2, 0.25) is 0 Å². The summed E-state index contributed by atoms with van der Waals surface area (Å²) in [4.78, 5) is 2.70. The van der Waals surface area contributed by atoms with Crippen molar-refractivity contribution in [1.82, 2.24) is 9.13 Å². The lowest BCUT2D eigenvalue weighted by atomic mass is 10.0. The molecule has 2 aliphatic rings. The van der Waals surface area contributed by atoms with Crippen molar-refractivity contribution < 1.29 is 0 Å². The topological polar surface area (TPSA) is 9.86 Å². The van der Waals surface area contributed by atoms with Crippen molar-refractivity contribution in [3.8, 4) is 5.69 Å².